The van der Waals surface area contributed by atoms with Gasteiger partial charge in [-0.05, 0) is 25.3 Å². The molecule has 9 N–H and O–H groups in total. The molecule has 3 fully saturated rings. The average molecular weight is 968 g/mol. The van der Waals surface area contributed by atoms with Crippen LogP contribution in [0.25, 0.3) is 11.2 Å². The van der Waals surface area contributed by atoms with Crippen LogP contribution in [-0.4, -0.2) is 150 Å². The molecule has 0 aliphatic carbocycles. The Morgan fingerprint density at radius 3 is 2.45 bits per heavy atom. The number of nitrogens with one attached hydrogen (secondary N) is 1. The van der Waals surface area contributed by atoms with E-state index in [1.165, 1.54) is 29.2 Å². The molecule has 6 unspecified atom stereocenters. The summed E-state index contributed by atoms with van der Waals surface area (Å²) in [5, 5.41) is 14.1. The summed E-state index contributed by atoms with van der Waals surface area (Å²) < 4.78 is 96.8. The maximum atomic E-state index is 13.9. The van der Waals surface area contributed by atoms with E-state index < -0.39 is 130 Å². The summed E-state index contributed by atoms with van der Waals surface area (Å²) in [6.45, 7) is 1.81. The molecule has 0 saturated carbocycles. The van der Waals surface area contributed by atoms with E-state index in [4.69, 9.17) is 44.2 Å². The van der Waals surface area contributed by atoms with Crippen LogP contribution in [0, 0.1) is 0 Å². The Bertz CT molecular complexity index is 2430. The van der Waals surface area contributed by atoms with Gasteiger partial charge in [-0.15, -0.1) is 6.58 Å². The number of allylic oxidation sites excluding steroid dienone is 1. The first-order valence-corrected chi connectivity index (χ1v) is 24.4. The molecule has 64 heavy (non-hydrogen) atoms. The van der Waals surface area contributed by atoms with Crippen LogP contribution < -0.4 is 22.5 Å². The zero-order valence-corrected chi connectivity index (χ0v) is 36.4. The van der Waals surface area contributed by atoms with Gasteiger partial charge >= 0.3 is 27.3 Å². The number of esters is 1. The highest BCUT2D eigenvalue weighted by atomic mass is 32.2. The standard InChI is InChI=1S/C33H47N9O19P2S/c1-3-4-6-21(43)39-17(9-12-64(2,52)53)32(45)60-25-18(57-30(24(25)44)42-16-38-23-28(35)36-15-37-29(23)42)14-56-63(50,51)61-26-19(13-55-62(47,48)49)58-31(27(26)59-22-7-5-11-54-22)41-10-8-20(34)40-33(41)46/h3,8,10,15-19,22,24-27,30-31,44H,1,4-7,9,11-14H2,2H3,(H,39,43)(H,50,51)(H2,34,40,46)(H2,35,36,37)(H2,47,48,49)/t17-,18?,19-,22?,24?,25?,26-,27-,30?,31-/m1/s1. The second-order valence-corrected chi connectivity index (χ2v) is 19.6. The third-order valence-corrected chi connectivity index (χ3v) is 12.3. The molecule has 6 heterocycles. The van der Waals surface area contributed by atoms with Crippen molar-refractivity contribution >= 4 is 60.2 Å². The second kappa shape index (κ2) is 20.5. The molecule has 0 radical (unpaired) electrons. The van der Waals surface area contributed by atoms with Gasteiger partial charge in [-0.25, -0.2) is 42.1 Å². The first kappa shape index (κ1) is 49.1. The number of nitrogens with two attached hydrogens (primary N) is 2. The quantitative estimate of drug-likeness (QED) is 0.0357. The van der Waals surface area contributed by atoms with E-state index >= 15 is 0 Å². The summed E-state index contributed by atoms with van der Waals surface area (Å²) in [6.07, 6.45) is -8.02. The summed E-state index contributed by atoms with van der Waals surface area (Å²) in [5.41, 5.74) is 10.8. The van der Waals surface area contributed by atoms with Gasteiger partial charge in [0, 0.05) is 31.9 Å². The number of sulfone groups is 1. The lowest BCUT2D eigenvalue weighted by atomic mass is 10.1. The van der Waals surface area contributed by atoms with Gasteiger partial charge in [0.05, 0.1) is 25.3 Å². The Kier molecular flexibility index (Phi) is 15.7. The molecule has 3 aliphatic rings. The first-order chi connectivity index (χ1) is 30.1. The third kappa shape index (κ3) is 12.5. The zero-order valence-electron chi connectivity index (χ0n) is 33.8. The van der Waals surface area contributed by atoms with Gasteiger partial charge in [-0.2, -0.15) is 4.98 Å². The van der Waals surface area contributed by atoms with Gasteiger partial charge < -0.3 is 60.3 Å². The zero-order chi connectivity index (χ0) is 46.6. The van der Waals surface area contributed by atoms with Gasteiger partial charge in [0.2, 0.25) is 5.91 Å². The van der Waals surface area contributed by atoms with Gasteiger partial charge in [0.1, 0.15) is 64.1 Å². The number of aromatic nitrogens is 6. The Morgan fingerprint density at radius 1 is 1.06 bits per heavy atom. The van der Waals surface area contributed by atoms with Crippen molar-refractivity contribution in [2.45, 2.75) is 93.5 Å². The van der Waals surface area contributed by atoms with E-state index in [2.05, 4.69) is 36.4 Å². The number of hydrogen-bond donors (Lipinski definition) is 7. The van der Waals surface area contributed by atoms with Gasteiger partial charge in [0.15, 0.2) is 36.3 Å². The lowest BCUT2D eigenvalue weighted by molar-refractivity contribution is -0.181. The summed E-state index contributed by atoms with van der Waals surface area (Å²) in [5.74, 6) is -2.64. The van der Waals surface area contributed by atoms with Crippen LogP contribution in [0.4, 0.5) is 11.6 Å². The van der Waals surface area contributed by atoms with Crippen molar-refractivity contribution < 1.29 is 84.2 Å². The fraction of sp³-hybridized carbons (Fsp3) is 0.606. The van der Waals surface area contributed by atoms with Gasteiger partial charge in [-0.3, -0.25) is 27.5 Å². The van der Waals surface area contributed by atoms with Crippen molar-refractivity contribution in [3.8, 4) is 0 Å². The molecule has 1 amide bonds. The lowest BCUT2D eigenvalue weighted by Gasteiger charge is -2.29. The number of anilines is 2. The summed E-state index contributed by atoms with van der Waals surface area (Å²) in [7, 11) is -14.3. The van der Waals surface area contributed by atoms with Crippen molar-refractivity contribution in [2.24, 2.45) is 0 Å². The number of ether oxygens (including phenoxy) is 5. The van der Waals surface area contributed by atoms with Crippen LogP contribution in [0.1, 0.15) is 44.6 Å². The molecular formula is C33H47N9O19P2S. The number of hydrogen-bond acceptors (Lipinski definition) is 22. The summed E-state index contributed by atoms with van der Waals surface area (Å²) in [4.78, 5) is 85.4. The van der Waals surface area contributed by atoms with E-state index in [1.54, 1.807) is 0 Å². The number of fused-ring (bicyclic) bond motifs is 1. The SMILES string of the molecule is C=CCCC(=O)N[C@H](CCS(C)(=O)=O)C(=O)OC1C(COP(=O)(O)O[C@H]2[C@@H](OC3CCCO3)[C@H](n3ccc(N)nc3=O)O[C@@H]2COP(=O)(O)O)OC(n2cnc3c(N)ncnc32)C1O. The Balaban J connectivity index is 1.28. The molecular weight excluding hydrogens is 920 g/mol. The highest BCUT2D eigenvalue weighted by molar-refractivity contribution is 7.90. The number of nitrogen functional groups attached to an aromatic ring is 2. The average Bonchev–Trinajstić information content (AvgIpc) is 4.01. The van der Waals surface area contributed by atoms with Crippen LogP contribution in [0.3, 0.4) is 0 Å². The van der Waals surface area contributed by atoms with E-state index in [0.717, 1.165) is 17.2 Å². The van der Waals surface area contributed by atoms with Crippen molar-refractivity contribution in [1.82, 2.24) is 34.4 Å². The molecule has 3 aromatic rings. The van der Waals surface area contributed by atoms with Crippen molar-refractivity contribution in [2.75, 3.05) is 43.3 Å². The monoisotopic (exact) mass is 967 g/mol. The maximum Gasteiger partial charge on any atom is 0.472 e. The number of imidazole rings is 1. The van der Waals surface area contributed by atoms with E-state index in [-0.39, 0.29) is 42.2 Å². The Hall–Kier alpha value is -4.32. The third-order valence-electron chi connectivity index (χ3n) is 9.87. The molecule has 6 rings (SSSR count). The van der Waals surface area contributed by atoms with Crippen LogP contribution in [0.5, 0.6) is 0 Å². The van der Waals surface area contributed by atoms with E-state index in [0.29, 0.717) is 12.8 Å². The number of rotatable bonds is 21. The molecule has 11 atom stereocenters. The van der Waals surface area contributed by atoms with Crippen LogP contribution in [0.2, 0.25) is 0 Å². The fourth-order valence-electron chi connectivity index (χ4n) is 6.89. The smallest absolute Gasteiger partial charge is 0.455 e. The summed E-state index contributed by atoms with van der Waals surface area (Å²) in [6, 6.07) is -0.337. The minimum absolute atomic E-state index is 0.0414. The molecule has 3 aliphatic heterocycles. The van der Waals surface area contributed by atoms with Crippen LogP contribution in [0.15, 0.2) is 42.4 Å². The number of nitrogens with zero attached hydrogens (tertiary/aromatic N) is 6. The molecule has 3 aromatic heterocycles. The van der Waals surface area contributed by atoms with Gasteiger partial charge in [0.25, 0.3) is 0 Å². The Morgan fingerprint density at radius 2 is 1.78 bits per heavy atom. The second-order valence-electron chi connectivity index (χ2n) is 14.7. The van der Waals surface area contributed by atoms with Crippen LogP contribution in [-0.2, 0) is 65.8 Å². The van der Waals surface area contributed by atoms with Crippen molar-refractivity contribution in [3.05, 3.63) is 48.1 Å². The fourth-order valence-corrected chi connectivity index (χ4v) is 8.86. The Labute approximate surface area is 362 Å². The molecule has 0 bridgehead atoms. The first-order valence-electron chi connectivity index (χ1n) is 19.3. The van der Waals surface area contributed by atoms with Gasteiger partial charge in [-0.1, -0.05) is 6.08 Å². The predicted molar refractivity (Wildman–Crippen MR) is 215 cm³/mol. The molecule has 31 heteroatoms. The highest BCUT2D eigenvalue weighted by Crippen LogP contribution is 2.51. The number of carbonyl (C=O) groups excluding carboxylic acids is 2. The predicted octanol–water partition coefficient (Wildman–Crippen LogP) is -1.67. The van der Waals surface area contributed by atoms with Crippen molar-refractivity contribution in [3.63, 3.8) is 0 Å². The minimum atomic E-state index is -5.46. The number of aliphatic hydroxyl groups excluding tert-OH is 1. The number of amides is 1. The largest absolute Gasteiger partial charge is 0.472 e. The number of aliphatic hydroxyl groups is 1. The molecule has 354 valence electrons. The van der Waals surface area contributed by atoms with E-state index in [9.17, 15) is 51.7 Å². The van der Waals surface area contributed by atoms with Crippen LogP contribution >= 0.6 is 15.6 Å². The normalized spacial score (nSPS) is 27.6. The molecule has 3 saturated heterocycles. The minimum Gasteiger partial charge on any atom is -0.455 e. The number of carbonyl (C=O) groups is 2. The van der Waals surface area contributed by atoms with E-state index in [1.807, 2.05) is 0 Å². The van der Waals surface area contributed by atoms with Crippen molar-refractivity contribution in [1.29, 1.82) is 0 Å². The maximum absolute atomic E-state index is 13.9. The molecule has 28 nitrogen and oxygen atoms in total. The topological polar surface area (TPSA) is 400 Å². The number of phosphoric acid groups is 2. The lowest BCUT2D eigenvalue weighted by Crippen LogP contribution is -2.47. The number of phosphoric ester groups is 2. The molecule has 0 spiro atoms. The highest BCUT2D eigenvalue weighted by Gasteiger charge is 2.54. The summed E-state index contributed by atoms with van der Waals surface area (Å²) >= 11 is 0. The molecule has 0 aromatic carbocycles.